The third kappa shape index (κ3) is 6.28. The van der Waals surface area contributed by atoms with Crippen molar-refractivity contribution in [1.82, 2.24) is 5.32 Å². The summed E-state index contributed by atoms with van der Waals surface area (Å²) in [6.45, 7) is 7.78. The van der Waals surface area contributed by atoms with Gasteiger partial charge >= 0.3 is 0 Å². The Morgan fingerprint density at radius 1 is 0.971 bits per heavy atom. The van der Waals surface area contributed by atoms with Gasteiger partial charge in [-0.05, 0) is 79.5 Å². The monoisotopic (exact) mass is 478 g/mol. The highest BCUT2D eigenvalue weighted by Gasteiger charge is 2.43. The Hall–Kier alpha value is -2.76. The molecule has 186 valence electrons. The van der Waals surface area contributed by atoms with E-state index in [1.807, 2.05) is 18.2 Å². The molecule has 3 N–H and O–H groups in total. The molecular weight excluding hydrogens is 442 g/mol. The number of nitrogens with two attached hydrogens (primary N) is 1. The van der Waals surface area contributed by atoms with Crippen molar-refractivity contribution in [2.75, 3.05) is 6.54 Å². The normalized spacial score (nSPS) is 18.4. The molecule has 4 rings (SSSR count). The van der Waals surface area contributed by atoms with E-state index in [0.717, 1.165) is 31.2 Å². The highest BCUT2D eigenvalue weighted by atomic mass is 19.1. The van der Waals surface area contributed by atoms with Gasteiger partial charge in [0.25, 0.3) is 0 Å². The second kappa shape index (κ2) is 10.9. The number of rotatable bonds is 9. The van der Waals surface area contributed by atoms with Gasteiger partial charge in [0.05, 0.1) is 0 Å². The zero-order valence-electron chi connectivity index (χ0n) is 20.9. The Bertz CT molecular complexity index is 1130. The lowest BCUT2D eigenvalue weighted by molar-refractivity contribution is -0.00868. The van der Waals surface area contributed by atoms with Crippen LogP contribution >= 0.6 is 0 Å². The van der Waals surface area contributed by atoms with Crippen molar-refractivity contribution in [3.63, 3.8) is 0 Å². The number of benzene rings is 3. The molecule has 0 aliphatic carbocycles. The van der Waals surface area contributed by atoms with E-state index in [0.29, 0.717) is 18.5 Å². The van der Waals surface area contributed by atoms with Gasteiger partial charge < -0.3 is 15.8 Å². The summed E-state index contributed by atoms with van der Waals surface area (Å²) in [6, 6.07) is 20.1. The van der Waals surface area contributed by atoms with E-state index >= 15 is 0 Å². The summed E-state index contributed by atoms with van der Waals surface area (Å²) in [6.07, 6.45) is 2.23. The Morgan fingerprint density at radius 2 is 1.69 bits per heavy atom. The van der Waals surface area contributed by atoms with Crippen molar-refractivity contribution in [1.29, 1.82) is 0 Å². The molecule has 0 saturated carbocycles. The zero-order chi connectivity index (χ0) is 25.0. The van der Waals surface area contributed by atoms with Gasteiger partial charge in [0.2, 0.25) is 0 Å². The van der Waals surface area contributed by atoms with Gasteiger partial charge in [-0.3, -0.25) is 0 Å². The second-order valence-electron chi connectivity index (χ2n) is 10.2. The van der Waals surface area contributed by atoms with Crippen LogP contribution in [0.3, 0.4) is 0 Å². The van der Waals surface area contributed by atoms with Gasteiger partial charge in [-0.2, -0.15) is 0 Å². The first-order valence-electron chi connectivity index (χ1n) is 12.5. The molecule has 5 heteroatoms. The number of aryl methyl sites for hydroxylation is 1. The first kappa shape index (κ1) is 25.3. The molecule has 1 aliphatic heterocycles. The highest BCUT2D eigenvalue weighted by Crippen LogP contribution is 2.41. The molecule has 0 aromatic heterocycles. The molecule has 1 aliphatic rings. The van der Waals surface area contributed by atoms with E-state index in [-0.39, 0.29) is 17.9 Å². The first-order chi connectivity index (χ1) is 16.7. The number of hydrogen-bond acceptors (Lipinski definition) is 3. The number of fused-ring (bicyclic) bond motifs is 1. The lowest BCUT2D eigenvalue weighted by atomic mass is 9.70. The predicted octanol–water partition coefficient (Wildman–Crippen LogP) is 5.83. The van der Waals surface area contributed by atoms with E-state index < -0.39 is 17.2 Å². The third-order valence-electron chi connectivity index (χ3n) is 7.25. The van der Waals surface area contributed by atoms with Crippen LogP contribution in [0.5, 0.6) is 5.75 Å². The second-order valence-corrected chi connectivity index (χ2v) is 10.2. The van der Waals surface area contributed by atoms with Crippen LogP contribution in [-0.4, -0.2) is 18.2 Å². The first-order valence-corrected chi connectivity index (χ1v) is 12.5. The van der Waals surface area contributed by atoms with Crippen LogP contribution in [0, 0.1) is 23.5 Å². The summed E-state index contributed by atoms with van der Waals surface area (Å²) in [7, 11) is 0. The SMILES string of the molecule is CCc1cccc(CNCC(C(N)Cc2cc(F)cc(F)c2)C2Cc3ccccc3OC2(C)C)c1. The number of halogens is 2. The Kier molecular flexibility index (Phi) is 7.88. The van der Waals surface area contributed by atoms with Crippen LogP contribution in [0.15, 0.2) is 66.7 Å². The molecule has 3 aromatic rings. The maximum absolute atomic E-state index is 13.9. The van der Waals surface area contributed by atoms with Crippen molar-refractivity contribution < 1.29 is 13.5 Å². The third-order valence-corrected chi connectivity index (χ3v) is 7.25. The van der Waals surface area contributed by atoms with Crippen LogP contribution in [0.25, 0.3) is 0 Å². The molecule has 0 radical (unpaired) electrons. The average Bonchev–Trinajstić information content (AvgIpc) is 2.80. The minimum absolute atomic E-state index is 0.0269. The number of hydrogen-bond donors (Lipinski definition) is 2. The van der Waals surface area contributed by atoms with Crippen LogP contribution in [-0.2, 0) is 25.8 Å². The minimum atomic E-state index is -0.576. The molecule has 1 heterocycles. The summed E-state index contributed by atoms with van der Waals surface area (Å²) in [5, 5.41) is 3.62. The number of ether oxygens (including phenoxy) is 1. The van der Waals surface area contributed by atoms with Gasteiger partial charge in [0, 0.05) is 31.1 Å². The van der Waals surface area contributed by atoms with Crippen molar-refractivity contribution in [2.24, 2.45) is 17.6 Å². The quantitative estimate of drug-likeness (QED) is 0.407. The highest BCUT2D eigenvalue weighted by molar-refractivity contribution is 5.37. The lowest BCUT2D eigenvalue weighted by Gasteiger charge is -2.45. The van der Waals surface area contributed by atoms with Crippen molar-refractivity contribution in [2.45, 2.75) is 58.2 Å². The zero-order valence-corrected chi connectivity index (χ0v) is 20.9. The average molecular weight is 479 g/mol. The fourth-order valence-corrected chi connectivity index (χ4v) is 5.37. The lowest BCUT2D eigenvalue weighted by Crippen LogP contribution is -2.53. The summed E-state index contributed by atoms with van der Waals surface area (Å²) < 4.78 is 34.2. The summed E-state index contributed by atoms with van der Waals surface area (Å²) in [5.41, 5.74) is 10.7. The molecule has 3 unspecified atom stereocenters. The Labute approximate surface area is 207 Å². The van der Waals surface area contributed by atoms with Crippen LogP contribution in [0.1, 0.15) is 43.0 Å². The molecule has 35 heavy (non-hydrogen) atoms. The summed E-state index contributed by atoms with van der Waals surface area (Å²) in [5.74, 6) is -0.0854. The van der Waals surface area contributed by atoms with Gasteiger partial charge in [-0.1, -0.05) is 49.4 Å². The fourth-order valence-electron chi connectivity index (χ4n) is 5.37. The van der Waals surface area contributed by atoms with Gasteiger partial charge in [-0.15, -0.1) is 0 Å². The van der Waals surface area contributed by atoms with Gasteiger partial charge in [-0.25, -0.2) is 8.78 Å². The molecule has 0 bridgehead atoms. The molecule has 3 atom stereocenters. The van der Waals surface area contributed by atoms with Crippen LogP contribution < -0.4 is 15.8 Å². The molecule has 0 spiro atoms. The van der Waals surface area contributed by atoms with Crippen molar-refractivity contribution >= 4 is 0 Å². The van der Waals surface area contributed by atoms with E-state index in [1.54, 1.807) is 0 Å². The number of nitrogens with one attached hydrogen (secondary N) is 1. The molecule has 0 saturated heterocycles. The molecule has 3 aromatic carbocycles. The molecule has 0 amide bonds. The topological polar surface area (TPSA) is 47.3 Å². The fraction of sp³-hybridized carbons (Fsp3) is 0.400. The Balaban J connectivity index is 1.56. The van der Waals surface area contributed by atoms with Crippen LogP contribution in [0.2, 0.25) is 0 Å². The molecular formula is C30H36F2N2O. The summed E-state index contributed by atoms with van der Waals surface area (Å²) in [4.78, 5) is 0. The largest absolute Gasteiger partial charge is 0.487 e. The van der Waals surface area contributed by atoms with E-state index in [4.69, 9.17) is 10.5 Å². The van der Waals surface area contributed by atoms with E-state index in [2.05, 4.69) is 56.4 Å². The summed E-state index contributed by atoms with van der Waals surface area (Å²) >= 11 is 0. The van der Waals surface area contributed by atoms with Gasteiger partial charge in [0.15, 0.2) is 0 Å². The van der Waals surface area contributed by atoms with Crippen LogP contribution in [0.4, 0.5) is 8.78 Å². The standard InChI is InChI=1S/C30H36F2N2O/c1-4-20-8-7-9-21(12-20)18-34-19-26(28(33)15-22-13-24(31)17-25(32)14-22)27-16-23-10-5-6-11-29(23)35-30(27,2)3/h5-14,17,26-28,34H,4,15-16,18-19,33H2,1-3H3. The molecule has 0 fully saturated rings. The van der Waals surface area contributed by atoms with Gasteiger partial charge in [0.1, 0.15) is 23.0 Å². The van der Waals surface area contributed by atoms with E-state index in [1.165, 1.54) is 28.8 Å². The van der Waals surface area contributed by atoms with E-state index in [9.17, 15) is 8.78 Å². The number of para-hydroxylation sites is 1. The maximum Gasteiger partial charge on any atom is 0.126 e. The smallest absolute Gasteiger partial charge is 0.126 e. The molecule has 3 nitrogen and oxygen atoms in total. The van der Waals surface area contributed by atoms with Crippen molar-refractivity contribution in [3.8, 4) is 5.75 Å². The Morgan fingerprint density at radius 3 is 2.43 bits per heavy atom. The maximum atomic E-state index is 13.9. The minimum Gasteiger partial charge on any atom is -0.487 e. The predicted molar refractivity (Wildman–Crippen MR) is 137 cm³/mol. The van der Waals surface area contributed by atoms with Crippen molar-refractivity contribution in [3.05, 3.63) is 101 Å².